The smallest absolute Gasteiger partial charge is 0.222 e. The zero-order valence-electron chi connectivity index (χ0n) is 17.7. The summed E-state index contributed by atoms with van der Waals surface area (Å²) >= 11 is 0. The number of hydrogen-bond acceptors (Lipinski definition) is 2. The topological polar surface area (TPSA) is 56.7 Å². The molecule has 1 unspecified atom stereocenters. The molecule has 0 saturated carbocycles. The van der Waals surface area contributed by atoms with Gasteiger partial charge in [0.15, 0.2) is 5.96 Å². The fraction of sp³-hybridized carbons (Fsp3) is 0.636. The van der Waals surface area contributed by atoms with Crippen molar-refractivity contribution in [3.63, 3.8) is 0 Å². The number of carbonyl (C=O) groups is 1. The first-order valence-electron chi connectivity index (χ1n) is 10.5. The Morgan fingerprint density at radius 2 is 1.96 bits per heavy atom. The molecule has 28 heavy (non-hydrogen) atoms. The second-order valence-electron chi connectivity index (χ2n) is 7.51. The van der Waals surface area contributed by atoms with Crippen LogP contribution in [0.2, 0.25) is 0 Å². The van der Waals surface area contributed by atoms with Crippen LogP contribution in [0.15, 0.2) is 29.3 Å². The van der Waals surface area contributed by atoms with Crippen LogP contribution in [0.1, 0.15) is 69.9 Å². The molecule has 1 aromatic rings. The molecule has 0 bridgehead atoms. The number of hydrogen-bond donors (Lipinski definition) is 2. The van der Waals surface area contributed by atoms with Crippen LogP contribution in [-0.2, 0) is 17.9 Å². The van der Waals surface area contributed by atoms with Gasteiger partial charge in [0.05, 0.1) is 0 Å². The molecule has 1 aliphatic rings. The predicted octanol–water partition coefficient (Wildman–Crippen LogP) is 4.45. The van der Waals surface area contributed by atoms with Gasteiger partial charge in [-0.25, -0.2) is 0 Å². The third-order valence-corrected chi connectivity index (χ3v) is 5.19. The quantitative estimate of drug-likeness (QED) is 0.216. The molecule has 158 valence electrons. The van der Waals surface area contributed by atoms with Crippen LogP contribution in [0.4, 0.5) is 0 Å². The van der Waals surface area contributed by atoms with E-state index in [0.717, 1.165) is 25.3 Å². The highest BCUT2D eigenvalue weighted by atomic mass is 127. The van der Waals surface area contributed by atoms with Gasteiger partial charge in [-0.2, -0.15) is 0 Å². The van der Waals surface area contributed by atoms with E-state index in [1.165, 1.54) is 36.8 Å². The molecular weight excluding hydrogens is 463 g/mol. The number of halogens is 1. The summed E-state index contributed by atoms with van der Waals surface area (Å²) in [6.45, 7) is 6.74. The summed E-state index contributed by atoms with van der Waals surface area (Å²) in [5, 5.41) is 6.92. The molecule has 0 radical (unpaired) electrons. The number of guanidine groups is 1. The van der Waals surface area contributed by atoms with Crippen molar-refractivity contribution in [3.8, 4) is 0 Å². The largest absolute Gasteiger partial charge is 0.354 e. The van der Waals surface area contributed by atoms with Gasteiger partial charge in [0, 0.05) is 39.1 Å². The number of amides is 1. The van der Waals surface area contributed by atoms with Gasteiger partial charge in [0.2, 0.25) is 5.91 Å². The van der Waals surface area contributed by atoms with Crippen molar-refractivity contribution in [1.82, 2.24) is 15.5 Å². The molecule has 1 fully saturated rings. The lowest BCUT2D eigenvalue weighted by Crippen LogP contribution is -2.42. The van der Waals surface area contributed by atoms with E-state index in [2.05, 4.69) is 47.7 Å². The maximum Gasteiger partial charge on any atom is 0.222 e. The van der Waals surface area contributed by atoms with Gasteiger partial charge in [-0.3, -0.25) is 9.79 Å². The van der Waals surface area contributed by atoms with Crippen LogP contribution in [0.3, 0.4) is 0 Å². The monoisotopic (exact) mass is 500 g/mol. The Kier molecular flexibility index (Phi) is 12.2. The molecule has 1 aromatic carbocycles. The lowest BCUT2D eigenvalue weighted by atomic mass is 10.1. The van der Waals surface area contributed by atoms with E-state index >= 15 is 0 Å². The van der Waals surface area contributed by atoms with Gasteiger partial charge in [-0.05, 0) is 30.9 Å². The number of nitrogens with one attached hydrogen (secondary N) is 2. The molecule has 2 N–H and O–H groups in total. The first kappa shape index (κ1) is 24.7. The van der Waals surface area contributed by atoms with Crippen molar-refractivity contribution in [2.24, 2.45) is 4.99 Å². The van der Waals surface area contributed by atoms with Crippen LogP contribution in [-0.4, -0.2) is 36.4 Å². The van der Waals surface area contributed by atoms with Crippen LogP contribution in [0, 0.1) is 0 Å². The van der Waals surface area contributed by atoms with E-state index in [0.29, 0.717) is 25.6 Å². The maximum absolute atomic E-state index is 11.9. The Bertz CT molecular complexity index is 620. The van der Waals surface area contributed by atoms with Gasteiger partial charge in [0.1, 0.15) is 0 Å². The van der Waals surface area contributed by atoms with E-state index in [1.54, 1.807) is 0 Å². The molecule has 1 amide bonds. The Balaban J connectivity index is 0.00000392. The second kappa shape index (κ2) is 13.8. The minimum atomic E-state index is 0. The predicted molar refractivity (Wildman–Crippen MR) is 128 cm³/mol. The van der Waals surface area contributed by atoms with Crippen LogP contribution in [0.25, 0.3) is 0 Å². The first-order valence-corrected chi connectivity index (χ1v) is 10.5. The lowest BCUT2D eigenvalue weighted by Gasteiger charge is -2.20. The molecular formula is C22H37IN4O. The standard InChI is InChI=1S/C22H36N4O.HI/c1-4-5-6-7-11-18(2)25-22(23-3)24-16-19-12-8-9-13-20(19)17-26-15-10-14-21(26)27;/h8-9,12-13,18H,4-7,10-11,14-17H2,1-3H3,(H2,23,24,25);1H. The Morgan fingerprint density at radius 3 is 2.61 bits per heavy atom. The Labute approximate surface area is 187 Å². The summed E-state index contributed by atoms with van der Waals surface area (Å²) in [5.74, 6) is 1.11. The van der Waals surface area contributed by atoms with E-state index < -0.39 is 0 Å². The van der Waals surface area contributed by atoms with Gasteiger partial charge in [0.25, 0.3) is 0 Å². The highest BCUT2D eigenvalue weighted by Gasteiger charge is 2.20. The maximum atomic E-state index is 11.9. The van der Waals surface area contributed by atoms with Gasteiger partial charge in [-0.15, -0.1) is 24.0 Å². The van der Waals surface area contributed by atoms with Crippen molar-refractivity contribution < 1.29 is 4.79 Å². The molecule has 0 spiro atoms. The molecule has 1 atom stereocenters. The molecule has 6 heteroatoms. The summed E-state index contributed by atoms with van der Waals surface area (Å²) in [5.41, 5.74) is 2.43. The zero-order chi connectivity index (χ0) is 19.5. The summed E-state index contributed by atoms with van der Waals surface area (Å²) in [6.07, 6.45) is 7.97. The molecule has 1 aliphatic heterocycles. The van der Waals surface area contributed by atoms with E-state index in [4.69, 9.17) is 0 Å². The number of rotatable bonds is 10. The normalized spacial score (nSPS) is 15.3. The Morgan fingerprint density at radius 1 is 1.21 bits per heavy atom. The SMILES string of the molecule is CCCCCCC(C)NC(=NC)NCc1ccccc1CN1CCCC1=O.I. The summed E-state index contributed by atoms with van der Waals surface area (Å²) in [4.78, 5) is 18.3. The van der Waals surface area contributed by atoms with E-state index in [-0.39, 0.29) is 29.9 Å². The zero-order valence-corrected chi connectivity index (χ0v) is 20.0. The molecule has 2 rings (SSSR count). The van der Waals surface area contributed by atoms with Crippen molar-refractivity contribution in [1.29, 1.82) is 0 Å². The van der Waals surface area contributed by atoms with Crippen LogP contribution >= 0.6 is 24.0 Å². The van der Waals surface area contributed by atoms with Gasteiger partial charge < -0.3 is 15.5 Å². The summed E-state index contributed by atoms with van der Waals surface area (Å²) < 4.78 is 0. The second-order valence-corrected chi connectivity index (χ2v) is 7.51. The van der Waals surface area contributed by atoms with Crippen LogP contribution < -0.4 is 10.6 Å². The molecule has 1 saturated heterocycles. The molecule has 1 heterocycles. The van der Waals surface area contributed by atoms with Crippen molar-refractivity contribution in [2.75, 3.05) is 13.6 Å². The Hall–Kier alpha value is -1.31. The van der Waals surface area contributed by atoms with Gasteiger partial charge >= 0.3 is 0 Å². The fourth-order valence-corrected chi connectivity index (χ4v) is 3.52. The number of carbonyl (C=O) groups excluding carboxylic acids is 1. The van der Waals surface area contributed by atoms with Crippen molar-refractivity contribution >= 4 is 35.8 Å². The highest BCUT2D eigenvalue weighted by molar-refractivity contribution is 14.0. The summed E-state index contributed by atoms with van der Waals surface area (Å²) in [7, 11) is 1.81. The number of benzene rings is 1. The molecule has 5 nitrogen and oxygen atoms in total. The average Bonchev–Trinajstić information content (AvgIpc) is 3.08. The summed E-state index contributed by atoms with van der Waals surface area (Å²) in [6, 6.07) is 8.76. The minimum absolute atomic E-state index is 0. The van der Waals surface area contributed by atoms with E-state index in [9.17, 15) is 4.79 Å². The average molecular weight is 500 g/mol. The van der Waals surface area contributed by atoms with E-state index in [1.807, 2.05) is 18.0 Å². The molecule has 0 aromatic heterocycles. The number of likely N-dealkylation sites (tertiary alicyclic amines) is 1. The number of nitrogens with zero attached hydrogens (tertiary/aromatic N) is 2. The minimum Gasteiger partial charge on any atom is -0.354 e. The third kappa shape index (κ3) is 8.37. The molecule has 0 aliphatic carbocycles. The van der Waals surface area contributed by atoms with Crippen molar-refractivity contribution in [3.05, 3.63) is 35.4 Å². The number of unbranched alkanes of at least 4 members (excludes halogenated alkanes) is 3. The lowest BCUT2D eigenvalue weighted by molar-refractivity contribution is -0.128. The van der Waals surface area contributed by atoms with Crippen LogP contribution in [0.5, 0.6) is 0 Å². The fourth-order valence-electron chi connectivity index (χ4n) is 3.52. The van der Waals surface area contributed by atoms with Crippen molar-refractivity contribution in [2.45, 2.75) is 77.9 Å². The first-order chi connectivity index (χ1) is 13.1. The number of aliphatic imine (C=N–C) groups is 1. The third-order valence-electron chi connectivity index (χ3n) is 5.19. The highest BCUT2D eigenvalue weighted by Crippen LogP contribution is 2.17. The van der Waals surface area contributed by atoms with Gasteiger partial charge in [-0.1, -0.05) is 56.9 Å².